The summed E-state index contributed by atoms with van der Waals surface area (Å²) in [6, 6.07) is 12.8. The van der Waals surface area contributed by atoms with Crippen LogP contribution in [0.5, 0.6) is 11.6 Å². The molecule has 1 saturated heterocycles. The number of ether oxygens (including phenoxy) is 1. The van der Waals surface area contributed by atoms with Crippen LogP contribution in [0.2, 0.25) is 0 Å². The van der Waals surface area contributed by atoms with Gasteiger partial charge in [0.15, 0.2) is 5.82 Å². The number of hydrogen-bond donors (Lipinski definition) is 2. The average Bonchev–Trinajstić information content (AvgIpc) is 3.15. The fourth-order valence-electron chi connectivity index (χ4n) is 3.47. The van der Waals surface area contributed by atoms with Crippen LogP contribution in [0.3, 0.4) is 0 Å². The lowest BCUT2D eigenvalue weighted by Gasteiger charge is -2.33. The van der Waals surface area contributed by atoms with Gasteiger partial charge in [0, 0.05) is 6.07 Å². The van der Waals surface area contributed by atoms with E-state index in [0.29, 0.717) is 23.9 Å². The number of nitrogens with one attached hydrogen (secondary N) is 2. The van der Waals surface area contributed by atoms with Crippen molar-refractivity contribution in [1.82, 2.24) is 25.1 Å². The number of aromatic nitrogens is 4. The third-order valence-electron chi connectivity index (χ3n) is 4.87. The van der Waals surface area contributed by atoms with Crippen LogP contribution in [0.15, 0.2) is 48.7 Å². The average molecular weight is 392 g/mol. The van der Waals surface area contributed by atoms with E-state index in [-0.39, 0.29) is 11.9 Å². The first-order valence-corrected chi connectivity index (χ1v) is 9.79. The van der Waals surface area contributed by atoms with Crippen molar-refractivity contribution in [3.05, 3.63) is 60.3 Å². The number of hydrogen-bond acceptors (Lipinski definition) is 6. The van der Waals surface area contributed by atoms with Crippen molar-refractivity contribution in [1.29, 1.82) is 0 Å². The highest BCUT2D eigenvalue weighted by Gasteiger charge is 2.29. The number of H-pyrrole nitrogens is 1. The first-order valence-electron chi connectivity index (χ1n) is 9.79. The Morgan fingerprint density at radius 1 is 1.24 bits per heavy atom. The number of carbonyl (C=O) groups is 1. The van der Waals surface area contributed by atoms with Gasteiger partial charge >= 0.3 is 0 Å². The van der Waals surface area contributed by atoms with Crippen LogP contribution in [0.25, 0.3) is 0 Å². The number of carbonyl (C=O) groups excluding carboxylic acids is 1. The summed E-state index contributed by atoms with van der Waals surface area (Å²) in [6.07, 6.45) is 4.53. The van der Waals surface area contributed by atoms with Gasteiger partial charge in [-0.2, -0.15) is 5.10 Å². The number of likely N-dealkylation sites (tertiary alicyclic amines) is 1. The number of benzene rings is 1. The van der Waals surface area contributed by atoms with Crippen molar-refractivity contribution in [2.24, 2.45) is 0 Å². The highest BCUT2D eigenvalue weighted by molar-refractivity contribution is 5.94. The van der Waals surface area contributed by atoms with E-state index in [1.165, 1.54) is 0 Å². The predicted molar refractivity (Wildman–Crippen MR) is 109 cm³/mol. The molecular formula is C21H24N6O2. The minimum absolute atomic E-state index is 0.0320. The molecule has 2 aromatic heterocycles. The number of pyridine rings is 1. The Morgan fingerprint density at radius 3 is 2.83 bits per heavy atom. The molecule has 3 heterocycles. The molecule has 1 aliphatic rings. The van der Waals surface area contributed by atoms with Crippen molar-refractivity contribution < 1.29 is 9.53 Å². The maximum Gasteiger partial charge on any atom is 0.241 e. The van der Waals surface area contributed by atoms with E-state index in [1.807, 2.05) is 37.3 Å². The van der Waals surface area contributed by atoms with E-state index >= 15 is 0 Å². The highest BCUT2D eigenvalue weighted by atomic mass is 16.5. The molecule has 0 radical (unpaired) electrons. The third-order valence-corrected chi connectivity index (χ3v) is 4.87. The lowest BCUT2D eigenvalue weighted by atomic mass is 10.0. The lowest BCUT2D eigenvalue weighted by Crippen LogP contribution is -2.46. The summed E-state index contributed by atoms with van der Waals surface area (Å²) in [4.78, 5) is 23.7. The monoisotopic (exact) mass is 392 g/mol. The molecule has 1 fully saturated rings. The lowest BCUT2D eigenvalue weighted by molar-refractivity contribution is -0.122. The Kier molecular flexibility index (Phi) is 5.81. The van der Waals surface area contributed by atoms with Gasteiger partial charge < -0.3 is 10.1 Å². The van der Waals surface area contributed by atoms with Crippen LogP contribution in [0.4, 0.5) is 5.69 Å². The smallest absolute Gasteiger partial charge is 0.241 e. The van der Waals surface area contributed by atoms with Gasteiger partial charge in [-0.1, -0.05) is 24.6 Å². The molecule has 8 nitrogen and oxygen atoms in total. The van der Waals surface area contributed by atoms with E-state index < -0.39 is 0 Å². The SMILES string of the molecule is Cc1nc(CN2CCCC[C@H]2C(=O)Nc2ccc(Oc3ccccc3)nc2)n[nH]1. The zero-order valence-corrected chi connectivity index (χ0v) is 16.3. The van der Waals surface area contributed by atoms with Gasteiger partial charge in [-0.25, -0.2) is 9.97 Å². The minimum atomic E-state index is -0.206. The fraction of sp³-hybridized carbons (Fsp3) is 0.333. The Hall–Kier alpha value is -3.26. The zero-order chi connectivity index (χ0) is 20.1. The molecule has 0 saturated carbocycles. The molecule has 1 amide bonds. The highest BCUT2D eigenvalue weighted by Crippen LogP contribution is 2.22. The molecule has 4 rings (SSSR count). The van der Waals surface area contributed by atoms with Crippen LogP contribution < -0.4 is 10.1 Å². The number of aryl methyl sites for hydroxylation is 1. The number of aromatic amines is 1. The maximum atomic E-state index is 12.9. The molecule has 1 aromatic carbocycles. The summed E-state index contributed by atoms with van der Waals surface area (Å²) < 4.78 is 5.69. The quantitative estimate of drug-likeness (QED) is 0.668. The van der Waals surface area contributed by atoms with Gasteiger partial charge in [-0.05, 0) is 44.5 Å². The third kappa shape index (κ3) is 4.97. The molecule has 0 unspecified atom stereocenters. The number of rotatable bonds is 6. The molecule has 0 bridgehead atoms. The summed E-state index contributed by atoms with van der Waals surface area (Å²) in [5.41, 5.74) is 0.648. The molecule has 1 atom stereocenters. The van der Waals surface area contributed by atoms with Gasteiger partial charge in [-0.15, -0.1) is 0 Å². The molecule has 2 N–H and O–H groups in total. The molecule has 29 heavy (non-hydrogen) atoms. The molecule has 3 aromatic rings. The Balaban J connectivity index is 1.38. The first kappa shape index (κ1) is 19.1. The summed E-state index contributed by atoms with van der Waals surface area (Å²) in [5.74, 6) is 2.66. The van der Waals surface area contributed by atoms with Gasteiger partial charge in [-0.3, -0.25) is 14.8 Å². The van der Waals surface area contributed by atoms with Gasteiger partial charge in [0.25, 0.3) is 0 Å². The molecule has 0 spiro atoms. The zero-order valence-electron chi connectivity index (χ0n) is 16.3. The maximum absolute atomic E-state index is 12.9. The largest absolute Gasteiger partial charge is 0.439 e. The number of nitrogens with zero attached hydrogens (tertiary/aromatic N) is 4. The van der Waals surface area contributed by atoms with E-state index in [2.05, 4.69) is 30.4 Å². The van der Waals surface area contributed by atoms with Crippen molar-refractivity contribution in [3.63, 3.8) is 0 Å². The minimum Gasteiger partial charge on any atom is -0.439 e. The Labute approximate surface area is 169 Å². The van der Waals surface area contributed by atoms with Crippen LogP contribution in [0.1, 0.15) is 30.9 Å². The van der Waals surface area contributed by atoms with Gasteiger partial charge in [0.05, 0.1) is 24.5 Å². The van der Waals surface area contributed by atoms with Gasteiger partial charge in [0.2, 0.25) is 11.8 Å². The van der Waals surface area contributed by atoms with Crippen molar-refractivity contribution in [2.75, 3.05) is 11.9 Å². The fourth-order valence-corrected chi connectivity index (χ4v) is 3.47. The molecule has 0 aliphatic carbocycles. The second kappa shape index (κ2) is 8.83. The number of amides is 1. The van der Waals surface area contributed by atoms with Crippen molar-refractivity contribution in [3.8, 4) is 11.6 Å². The standard InChI is InChI=1S/C21H24N6O2/c1-15-23-19(26-25-15)14-27-12-6-5-9-18(27)21(28)24-16-10-11-20(22-13-16)29-17-7-3-2-4-8-17/h2-4,7-8,10-11,13,18H,5-6,9,12,14H2,1H3,(H,24,28)(H,23,25,26)/t18-/m0/s1. The van der Waals surface area contributed by atoms with E-state index in [1.54, 1.807) is 18.3 Å². The van der Waals surface area contributed by atoms with Crippen LogP contribution in [-0.4, -0.2) is 43.6 Å². The van der Waals surface area contributed by atoms with Crippen LogP contribution in [-0.2, 0) is 11.3 Å². The van der Waals surface area contributed by atoms with Crippen molar-refractivity contribution in [2.45, 2.75) is 38.8 Å². The predicted octanol–water partition coefficient (Wildman–Crippen LogP) is 3.29. The molecule has 1 aliphatic heterocycles. The second-order valence-electron chi connectivity index (χ2n) is 7.11. The number of anilines is 1. The Morgan fingerprint density at radius 2 is 2.10 bits per heavy atom. The Bertz CT molecular complexity index is 941. The first-order chi connectivity index (χ1) is 14.2. The topological polar surface area (TPSA) is 96.0 Å². The summed E-state index contributed by atoms with van der Waals surface area (Å²) in [6.45, 7) is 3.29. The molecule has 150 valence electrons. The van der Waals surface area contributed by atoms with Crippen molar-refractivity contribution >= 4 is 11.6 Å². The van der Waals surface area contributed by atoms with Crippen LogP contribution in [0, 0.1) is 6.92 Å². The number of piperidine rings is 1. The van der Waals surface area contributed by atoms with E-state index in [4.69, 9.17) is 4.74 Å². The van der Waals surface area contributed by atoms with E-state index in [0.717, 1.165) is 37.4 Å². The van der Waals surface area contributed by atoms with Crippen LogP contribution >= 0.6 is 0 Å². The van der Waals surface area contributed by atoms with Gasteiger partial charge in [0.1, 0.15) is 11.6 Å². The summed E-state index contributed by atoms with van der Waals surface area (Å²) in [5, 5.41) is 10.0. The normalized spacial score (nSPS) is 17.1. The summed E-state index contributed by atoms with van der Waals surface area (Å²) in [7, 11) is 0. The summed E-state index contributed by atoms with van der Waals surface area (Å²) >= 11 is 0. The van der Waals surface area contributed by atoms with E-state index in [9.17, 15) is 4.79 Å². The molecule has 8 heteroatoms. The second-order valence-corrected chi connectivity index (χ2v) is 7.11. The number of para-hydroxylation sites is 1. The molecular weight excluding hydrogens is 368 g/mol.